The molecule has 0 atom stereocenters. The molecule has 0 aliphatic carbocycles. The second-order valence-electron chi connectivity index (χ2n) is 4.15. The minimum atomic E-state index is -4.06. The number of carbonyl (C=O) groups is 1. The van der Waals surface area contributed by atoms with Crippen molar-refractivity contribution >= 4 is 39.2 Å². The Labute approximate surface area is 133 Å². The Morgan fingerprint density at radius 1 is 1.33 bits per heavy atom. The summed E-state index contributed by atoms with van der Waals surface area (Å²) in [5.74, 6) is -1.01. The Hall–Kier alpha value is -1.02. The van der Waals surface area contributed by atoms with E-state index < -0.39 is 22.5 Å². The molecule has 1 aromatic rings. The standard InChI is InChI=1S/C12H15Cl2NO5S/c1-3-4-15(7-12(16)17)21(18,19)11-6-8(13)10(20-2)5-9(11)14/h5-6H,3-4,7H2,1-2H3,(H,16,17). The van der Waals surface area contributed by atoms with Crippen molar-refractivity contribution in [1.82, 2.24) is 4.31 Å². The van der Waals surface area contributed by atoms with Crippen molar-refractivity contribution in [2.24, 2.45) is 0 Å². The smallest absolute Gasteiger partial charge is 0.318 e. The van der Waals surface area contributed by atoms with Crippen molar-refractivity contribution in [3.05, 3.63) is 22.2 Å². The van der Waals surface area contributed by atoms with Crippen molar-refractivity contribution in [3.8, 4) is 5.75 Å². The fraction of sp³-hybridized carbons (Fsp3) is 0.417. The number of aliphatic carboxylic acids is 1. The van der Waals surface area contributed by atoms with E-state index in [4.69, 9.17) is 33.0 Å². The lowest BCUT2D eigenvalue weighted by Crippen LogP contribution is -2.36. The number of benzene rings is 1. The van der Waals surface area contributed by atoms with Crippen LogP contribution in [0, 0.1) is 0 Å². The lowest BCUT2D eigenvalue weighted by atomic mass is 10.3. The van der Waals surface area contributed by atoms with Crippen molar-refractivity contribution < 1.29 is 23.1 Å². The Bertz CT molecular complexity index is 633. The zero-order chi connectivity index (χ0) is 16.2. The number of halogens is 2. The van der Waals surface area contributed by atoms with E-state index in [0.29, 0.717) is 6.42 Å². The first-order valence-corrected chi connectivity index (χ1v) is 8.18. The monoisotopic (exact) mass is 355 g/mol. The SMILES string of the molecule is CCCN(CC(=O)O)S(=O)(=O)c1cc(Cl)c(OC)cc1Cl. The van der Waals surface area contributed by atoms with Gasteiger partial charge in [0.1, 0.15) is 17.2 Å². The number of ether oxygens (including phenoxy) is 1. The molecule has 0 radical (unpaired) electrons. The molecule has 0 spiro atoms. The van der Waals surface area contributed by atoms with Gasteiger partial charge in [-0.15, -0.1) is 0 Å². The maximum absolute atomic E-state index is 12.5. The van der Waals surface area contributed by atoms with Gasteiger partial charge in [-0.3, -0.25) is 4.79 Å². The molecule has 0 aromatic heterocycles. The maximum atomic E-state index is 12.5. The fourth-order valence-electron chi connectivity index (χ4n) is 1.69. The molecular formula is C12H15Cl2NO5S. The second kappa shape index (κ2) is 7.31. The topological polar surface area (TPSA) is 83.9 Å². The summed E-state index contributed by atoms with van der Waals surface area (Å²) in [4.78, 5) is 10.6. The highest BCUT2D eigenvalue weighted by atomic mass is 35.5. The summed E-state index contributed by atoms with van der Waals surface area (Å²) < 4.78 is 30.8. The number of nitrogens with zero attached hydrogens (tertiary/aromatic N) is 1. The Balaban J connectivity index is 3.34. The third-order valence-electron chi connectivity index (χ3n) is 2.61. The summed E-state index contributed by atoms with van der Waals surface area (Å²) in [5, 5.41) is 8.84. The van der Waals surface area contributed by atoms with Gasteiger partial charge in [-0.25, -0.2) is 8.42 Å². The third kappa shape index (κ3) is 4.23. The summed E-state index contributed by atoms with van der Waals surface area (Å²) in [7, 11) is -2.68. The number of carboxylic acids is 1. The highest BCUT2D eigenvalue weighted by molar-refractivity contribution is 7.89. The van der Waals surface area contributed by atoms with Gasteiger partial charge < -0.3 is 9.84 Å². The average molecular weight is 356 g/mol. The van der Waals surface area contributed by atoms with Crippen molar-refractivity contribution in [2.45, 2.75) is 18.2 Å². The van der Waals surface area contributed by atoms with Crippen molar-refractivity contribution in [1.29, 1.82) is 0 Å². The molecule has 0 aliphatic heterocycles. The lowest BCUT2D eigenvalue weighted by molar-refractivity contribution is -0.137. The molecule has 0 aliphatic rings. The molecule has 0 fully saturated rings. The second-order valence-corrected chi connectivity index (χ2v) is 6.87. The Morgan fingerprint density at radius 2 is 1.95 bits per heavy atom. The van der Waals surface area contributed by atoms with E-state index >= 15 is 0 Å². The van der Waals surface area contributed by atoms with Gasteiger partial charge in [0.25, 0.3) is 0 Å². The molecule has 21 heavy (non-hydrogen) atoms. The van der Waals surface area contributed by atoms with Crippen molar-refractivity contribution in [2.75, 3.05) is 20.2 Å². The molecule has 0 unspecified atom stereocenters. The summed E-state index contributed by atoms with van der Waals surface area (Å²) in [6.07, 6.45) is 0.466. The van der Waals surface area contributed by atoms with Gasteiger partial charge in [0.2, 0.25) is 10.0 Å². The van der Waals surface area contributed by atoms with Gasteiger partial charge in [-0.05, 0) is 12.5 Å². The van der Waals surface area contributed by atoms with E-state index in [0.717, 1.165) is 10.4 Å². The van der Waals surface area contributed by atoms with Crippen LogP contribution >= 0.6 is 23.2 Å². The molecule has 0 heterocycles. The maximum Gasteiger partial charge on any atom is 0.318 e. The molecule has 0 saturated heterocycles. The number of methoxy groups -OCH3 is 1. The van der Waals surface area contributed by atoms with E-state index in [-0.39, 0.29) is 27.2 Å². The summed E-state index contributed by atoms with van der Waals surface area (Å²) in [6.45, 7) is 1.16. The van der Waals surface area contributed by atoms with Crippen LogP contribution in [-0.4, -0.2) is 44.0 Å². The number of carboxylic acid groups (broad SMARTS) is 1. The van der Waals surface area contributed by atoms with E-state index in [9.17, 15) is 13.2 Å². The van der Waals surface area contributed by atoms with Crippen LogP contribution in [-0.2, 0) is 14.8 Å². The summed E-state index contributed by atoms with van der Waals surface area (Å²) >= 11 is 11.9. The van der Waals surface area contributed by atoms with Gasteiger partial charge >= 0.3 is 5.97 Å². The zero-order valence-corrected chi connectivity index (χ0v) is 13.8. The molecule has 1 aromatic carbocycles. The first-order chi connectivity index (χ1) is 9.73. The summed E-state index contributed by atoms with van der Waals surface area (Å²) in [6, 6.07) is 2.43. The van der Waals surface area contributed by atoms with E-state index in [1.807, 2.05) is 0 Å². The number of hydrogen-bond acceptors (Lipinski definition) is 4. The van der Waals surface area contributed by atoms with Crippen LogP contribution in [0.15, 0.2) is 17.0 Å². The molecule has 0 amide bonds. The molecule has 6 nitrogen and oxygen atoms in total. The first kappa shape index (κ1) is 18.0. The van der Waals surface area contributed by atoms with Crippen LogP contribution in [0.1, 0.15) is 13.3 Å². The molecular weight excluding hydrogens is 341 g/mol. The molecule has 0 bridgehead atoms. The normalized spacial score (nSPS) is 11.7. The van der Waals surface area contributed by atoms with Crippen LogP contribution in [0.3, 0.4) is 0 Å². The molecule has 9 heteroatoms. The van der Waals surface area contributed by atoms with Crippen LogP contribution < -0.4 is 4.74 Å². The number of hydrogen-bond donors (Lipinski definition) is 1. The van der Waals surface area contributed by atoms with Gasteiger partial charge in [0.15, 0.2) is 0 Å². The molecule has 1 rings (SSSR count). The predicted octanol–water partition coefficient (Wildman–Crippen LogP) is 2.49. The van der Waals surface area contributed by atoms with Crippen molar-refractivity contribution in [3.63, 3.8) is 0 Å². The van der Waals surface area contributed by atoms with Crippen LogP contribution in [0.25, 0.3) is 0 Å². The largest absolute Gasteiger partial charge is 0.495 e. The predicted molar refractivity (Wildman–Crippen MR) is 79.7 cm³/mol. The van der Waals surface area contributed by atoms with Crippen LogP contribution in [0.4, 0.5) is 0 Å². The minimum absolute atomic E-state index is 0.0641. The number of rotatable bonds is 7. The van der Waals surface area contributed by atoms with Gasteiger partial charge in [0.05, 0.1) is 17.2 Å². The molecule has 118 valence electrons. The minimum Gasteiger partial charge on any atom is -0.495 e. The Kier molecular flexibility index (Phi) is 6.27. The zero-order valence-electron chi connectivity index (χ0n) is 11.5. The van der Waals surface area contributed by atoms with E-state index in [2.05, 4.69) is 0 Å². The lowest BCUT2D eigenvalue weighted by Gasteiger charge is -2.20. The van der Waals surface area contributed by atoms with E-state index in [1.165, 1.54) is 13.2 Å². The molecule has 1 N–H and O–H groups in total. The molecule has 0 saturated carbocycles. The van der Waals surface area contributed by atoms with Gasteiger partial charge in [-0.2, -0.15) is 4.31 Å². The van der Waals surface area contributed by atoms with Crippen LogP contribution in [0.2, 0.25) is 10.0 Å². The van der Waals surface area contributed by atoms with Gasteiger partial charge in [0, 0.05) is 12.6 Å². The van der Waals surface area contributed by atoms with E-state index in [1.54, 1.807) is 6.92 Å². The quantitative estimate of drug-likeness (QED) is 0.812. The average Bonchev–Trinajstić information content (AvgIpc) is 2.39. The van der Waals surface area contributed by atoms with Gasteiger partial charge in [-0.1, -0.05) is 30.1 Å². The fourth-order valence-corrected chi connectivity index (χ4v) is 3.99. The highest BCUT2D eigenvalue weighted by Gasteiger charge is 2.29. The third-order valence-corrected chi connectivity index (χ3v) is 5.21. The highest BCUT2D eigenvalue weighted by Crippen LogP contribution is 2.34. The number of sulfonamides is 1. The summed E-state index contributed by atoms with van der Waals surface area (Å²) in [5.41, 5.74) is 0. The first-order valence-electron chi connectivity index (χ1n) is 5.99. The Morgan fingerprint density at radius 3 is 2.43 bits per heavy atom. The van der Waals surface area contributed by atoms with Crippen LogP contribution in [0.5, 0.6) is 5.75 Å².